The first-order valence-corrected chi connectivity index (χ1v) is 8.12. The van der Waals surface area contributed by atoms with E-state index in [1.54, 1.807) is 18.0 Å². The van der Waals surface area contributed by atoms with E-state index in [0.717, 1.165) is 27.7 Å². The number of fused-ring (bicyclic) bond motifs is 2. The van der Waals surface area contributed by atoms with Gasteiger partial charge in [-0.25, -0.2) is 4.98 Å². The van der Waals surface area contributed by atoms with Crippen LogP contribution in [0.3, 0.4) is 0 Å². The predicted octanol–water partition coefficient (Wildman–Crippen LogP) is 3.95. The fourth-order valence-electron chi connectivity index (χ4n) is 3.02. The summed E-state index contributed by atoms with van der Waals surface area (Å²) in [5, 5.41) is 6.61. The highest BCUT2D eigenvalue weighted by atomic mass is 35.5. The molecule has 4 rings (SSSR count). The summed E-state index contributed by atoms with van der Waals surface area (Å²) < 4.78 is 7.18. The van der Waals surface area contributed by atoms with Crippen molar-refractivity contribution < 1.29 is 4.74 Å². The third kappa shape index (κ3) is 2.55. The lowest BCUT2D eigenvalue weighted by Gasteiger charge is -2.20. The van der Waals surface area contributed by atoms with Crippen molar-refractivity contribution in [3.8, 4) is 5.75 Å². The van der Waals surface area contributed by atoms with E-state index in [9.17, 15) is 0 Å². The smallest absolute Gasteiger partial charge is 0.225 e. The molecule has 0 bridgehead atoms. The Balaban J connectivity index is 1.88. The molecule has 0 saturated carbocycles. The highest BCUT2D eigenvalue weighted by molar-refractivity contribution is 6.28. The monoisotopic (exact) mass is 353 g/mol. The van der Waals surface area contributed by atoms with E-state index in [0.29, 0.717) is 11.3 Å². The molecule has 25 heavy (non-hydrogen) atoms. The van der Waals surface area contributed by atoms with Gasteiger partial charge in [0.25, 0.3) is 0 Å². The minimum Gasteiger partial charge on any atom is -0.496 e. The van der Waals surface area contributed by atoms with E-state index >= 15 is 0 Å². The van der Waals surface area contributed by atoms with Crippen molar-refractivity contribution in [2.24, 2.45) is 7.05 Å². The minimum atomic E-state index is 0.199. The Morgan fingerprint density at radius 3 is 2.80 bits per heavy atom. The number of anilines is 2. The Hall–Kier alpha value is -2.86. The van der Waals surface area contributed by atoms with Crippen molar-refractivity contribution >= 4 is 44.9 Å². The molecule has 0 atom stereocenters. The second kappa shape index (κ2) is 5.89. The van der Waals surface area contributed by atoms with Crippen molar-refractivity contribution in [3.05, 3.63) is 47.9 Å². The molecular formula is C18H16ClN5O. The lowest BCUT2D eigenvalue weighted by atomic mass is 10.1. The molecule has 0 unspecified atom stereocenters. The number of aromatic nitrogens is 4. The maximum atomic E-state index is 6.10. The summed E-state index contributed by atoms with van der Waals surface area (Å²) in [4.78, 5) is 10.6. The molecule has 0 fully saturated rings. The van der Waals surface area contributed by atoms with Gasteiger partial charge in [0.15, 0.2) is 5.82 Å². The molecule has 0 aliphatic carbocycles. The van der Waals surface area contributed by atoms with Gasteiger partial charge in [0.1, 0.15) is 16.8 Å². The number of ether oxygens (including phenoxy) is 1. The molecule has 0 amide bonds. The van der Waals surface area contributed by atoms with Crippen LogP contribution in [0.5, 0.6) is 5.75 Å². The number of halogens is 1. The van der Waals surface area contributed by atoms with Crippen LogP contribution in [0.2, 0.25) is 5.28 Å². The van der Waals surface area contributed by atoms with E-state index in [2.05, 4.69) is 27.2 Å². The van der Waals surface area contributed by atoms with E-state index in [4.69, 9.17) is 16.3 Å². The van der Waals surface area contributed by atoms with Crippen molar-refractivity contribution in [3.63, 3.8) is 0 Å². The number of aryl methyl sites for hydroxylation is 1. The Labute approximate surface area is 149 Å². The van der Waals surface area contributed by atoms with Crippen molar-refractivity contribution in [2.45, 2.75) is 0 Å². The standard InChI is InChI=1S/C18H16ClN5O/c1-23(17-16-14(10-20-24(16)2)21-18(19)22-17)12-7-8-13-11(9-12)5-4-6-15(13)25-3/h4-10H,1-3H3. The Morgan fingerprint density at radius 1 is 1.16 bits per heavy atom. The zero-order chi connectivity index (χ0) is 17.6. The third-order valence-corrected chi connectivity index (χ3v) is 4.46. The highest BCUT2D eigenvalue weighted by Crippen LogP contribution is 2.33. The minimum absolute atomic E-state index is 0.199. The van der Waals surface area contributed by atoms with Gasteiger partial charge in [-0.3, -0.25) is 4.68 Å². The lowest BCUT2D eigenvalue weighted by Crippen LogP contribution is -2.13. The average molecular weight is 354 g/mol. The second-order valence-electron chi connectivity index (χ2n) is 5.74. The van der Waals surface area contributed by atoms with Gasteiger partial charge in [-0.1, -0.05) is 12.1 Å². The molecule has 2 aromatic carbocycles. The summed E-state index contributed by atoms with van der Waals surface area (Å²) in [5.74, 6) is 1.56. The zero-order valence-corrected chi connectivity index (χ0v) is 14.8. The van der Waals surface area contributed by atoms with Crippen LogP contribution in [-0.4, -0.2) is 33.9 Å². The molecule has 0 saturated heterocycles. The molecule has 7 heteroatoms. The molecule has 2 heterocycles. The highest BCUT2D eigenvalue weighted by Gasteiger charge is 2.16. The molecule has 126 valence electrons. The molecule has 2 aromatic heterocycles. The van der Waals surface area contributed by atoms with Gasteiger partial charge < -0.3 is 9.64 Å². The van der Waals surface area contributed by atoms with Crippen molar-refractivity contribution in [1.29, 1.82) is 0 Å². The van der Waals surface area contributed by atoms with E-state index in [-0.39, 0.29) is 5.28 Å². The summed E-state index contributed by atoms with van der Waals surface area (Å²) >= 11 is 6.10. The summed E-state index contributed by atoms with van der Waals surface area (Å²) in [7, 11) is 5.49. The van der Waals surface area contributed by atoms with Gasteiger partial charge in [0.2, 0.25) is 5.28 Å². The topological polar surface area (TPSA) is 56.1 Å². The maximum absolute atomic E-state index is 6.10. The first-order valence-electron chi connectivity index (χ1n) is 7.74. The number of hydrogen-bond donors (Lipinski definition) is 0. The number of benzene rings is 2. The summed E-state index contributed by atoms with van der Waals surface area (Å²) in [5.41, 5.74) is 2.53. The van der Waals surface area contributed by atoms with Crippen LogP contribution in [0, 0.1) is 0 Å². The number of methoxy groups -OCH3 is 1. The molecule has 0 aliphatic heterocycles. The molecule has 0 aliphatic rings. The number of nitrogens with zero attached hydrogens (tertiary/aromatic N) is 5. The quantitative estimate of drug-likeness (QED) is 0.522. The average Bonchev–Trinajstić information content (AvgIpc) is 3.00. The van der Waals surface area contributed by atoms with E-state index < -0.39 is 0 Å². The van der Waals surface area contributed by atoms with E-state index in [1.807, 2.05) is 43.3 Å². The fourth-order valence-corrected chi connectivity index (χ4v) is 3.19. The molecule has 0 N–H and O–H groups in total. The first kappa shape index (κ1) is 15.7. The maximum Gasteiger partial charge on any atom is 0.225 e. The number of hydrogen-bond acceptors (Lipinski definition) is 5. The van der Waals surface area contributed by atoms with Gasteiger partial charge in [0, 0.05) is 25.2 Å². The van der Waals surface area contributed by atoms with Gasteiger partial charge in [0.05, 0.1) is 13.3 Å². The van der Waals surface area contributed by atoms with Crippen molar-refractivity contribution in [2.75, 3.05) is 19.1 Å². The predicted molar refractivity (Wildman–Crippen MR) is 99.9 cm³/mol. The normalized spacial score (nSPS) is 11.2. The van der Waals surface area contributed by atoms with Crippen LogP contribution >= 0.6 is 11.6 Å². The van der Waals surface area contributed by atoms with E-state index in [1.165, 1.54) is 0 Å². The van der Waals surface area contributed by atoms with Crippen LogP contribution in [-0.2, 0) is 7.05 Å². The summed E-state index contributed by atoms with van der Waals surface area (Å²) in [6, 6.07) is 12.2. The van der Waals surface area contributed by atoms with Crippen molar-refractivity contribution in [1.82, 2.24) is 19.7 Å². The summed E-state index contributed by atoms with van der Waals surface area (Å²) in [6.07, 6.45) is 1.69. The first-order chi connectivity index (χ1) is 12.1. The number of rotatable bonds is 3. The van der Waals surface area contributed by atoms with Crippen LogP contribution in [0.15, 0.2) is 42.6 Å². The molecule has 0 radical (unpaired) electrons. The van der Waals surface area contributed by atoms with Crippen LogP contribution < -0.4 is 9.64 Å². The Morgan fingerprint density at radius 2 is 2.00 bits per heavy atom. The van der Waals surface area contributed by atoms with Crippen LogP contribution in [0.1, 0.15) is 0 Å². The molecular weight excluding hydrogens is 338 g/mol. The summed E-state index contributed by atoms with van der Waals surface area (Å²) in [6.45, 7) is 0. The van der Waals surface area contributed by atoms with Gasteiger partial charge in [-0.15, -0.1) is 0 Å². The fraction of sp³-hybridized carbons (Fsp3) is 0.167. The largest absolute Gasteiger partial charge is 0.496 e. The zero-order valence-electron chi connectivity index (χ0n) is 14.1. The van der Waals surface area contributed by atoms with Gasteiger partial charge in [-0.05, 0) is 41.3 Å². The molecule has 4 aromatic rings. The van der Waals surface area contributed by atoms with Gasteiger partial charge in [-0.2, -0.15) is 10.1 Å². The van der Waals surface area contributed by atoms with Crippen LogP contribution in [0.25, 0.3) is 21.8 Å². The SMILES string of the molecule is COc1cccc2cc(N(C)c3nc(Cl)nc4cnn(C)c34)ccc12. The van der Waals surface area contributed by atoms with Gasteiger partial charge >= 0.3 is 0 Å². The molecule has 6 nitrogen and oxygen atoms in total. The van der Waals surface area contributed by atoms with Crippen LogP contribution in [0.4, 0.5) is 11.5 Å². The molecule has 0 spiro atoms. The third-order valence-electron chi connectivity index (χ3n) is 4.29. The Kier molecular flexibility index (Phi) is 3.69. The second-order valence-corrected chi connectivity index (χ2v) is 6.08. The Bertz CT molecular complexity index is 1090. The lowest BCUT2D eigenvalue weighted by molar-refractivity contribution is 0.420.